The van der Waals surface area contributed by atoms with Crippen LogP contribution in [-0.4, -0.2) is 42.5 Å². The Hall–Kier alpha value is -1.06. The van der Waals surface area contributed by atoms with E-state index in [1.54, 1.807) is 0 Å². The van der Waals surface area contributed by atoms with E-state index in [0.717, 1.165) is 11.6 Å². The molecular formula is C17H27N3. The molecule has 2 aliphatic rings. The Labute approximate surface area is 122 Å². The van der Waals surface area contributed by atoms with Crippen LogP contribution in [-0.2, 0) is 6.42 Å². The molecule has 1 unspecified atom stereocenters. The molecule has 1 atom stereocenters. The molecule has 1 aromatic rings. The van der Waals surface area contributed by atoms with Crippen molar-refractivity contribution in [2.75, 3.05) is 38.5 Å². The Morgan fingerprint density at radius 3 is 2.65 bits per heavy atom. The third-order valence-corrected chi connectivity index (χ3v) is 4.68. The Bertz CT molecular complexity index is 461. The number of rotatable bonds is 3. The average molecular weight is 273 g/mol. The van der Waals surface area contributed by atoms with E-state index in [9.17, 15) is 0 Å². The fourth-order valence-electron chi connectivity index (χ4n) is 3.77. The summed E-state index contributed by atoms with van der Waals surface area (Å²) in [5, 5.41) is 0. The van der Waals surface area contributed by atoms with Gasteiger partial charge in [-0.05, 0) is 42.0 Å². The van der Waals surface area contributed by atoms with Gasteiger partial charge in [-0.15, -0.1) is 0 Å². The first-order valence-electron chi connectivity index (χ1n) is 7.98. The lowest BCUT2D eigenvalue weighted by Crippen LogP contribution is -2.48. The first-order chi connectivity index (χ1) is 9.63. The molecule has 3 heteroatoms. The minimum absolute atomic E-state index is 0.631. The van der Waals surface area contributed by atoms with Crippen LogP contribution in [0.5, 0.6) is 0 Å². The van der Waals surface area contributed by atoms with Crippen molar-refractivity contribution in [1.82, 2.24) is 9.80 Å². The molecule has 0 spiro atoms. The maximum Gasteiger partial charge on any atom is 0.0355 e. The van der Waals surface area contributed by atoms with Crippen LogP contribution in [0, 0.1) is 5.92 Å². The standard InChI is InChI=1S/C17H27N3/c1-13(2)12-19-7-9-20(10-8-19)17-6-3-14-11-15(18)4-5-16(14)17/h4-5,11,13,17H,3,6-10,12,18H2,1-2H3. The van der Waals surface area contributed by atoms with Gasteiger partial charge in [-0.2, -0.15) is 0 Å². The summed E-state index contributed by atoms with van der Waals surface area (Å²) in [6, 6.07) is 7.12. The van der Waals surface area contributed by atoms with E-state index < -0.39 is 0 Å². The number of hydrogen-bond donors (Lipinski definition) is 1. The number of benzene rings is 1. The second kappa shape index (κ2) is 5.74. The number of hydrogen-bond acceptors (Lipinski definition) is 3. The maximum atomic E-state index is 5.90. The fourth-order valence-corrected chi connectivity index (χ4v) is 3.77. The lowest BCUT2D eigenvalue weighted by Gasteiger charge is -2.39. The lowest BCUT2D eigenvalue weighted by molar-refractivity contribution is 0.0890. The van der Waals surface area contributed by atoms with Crippen LogP contribution >= 0.6 is 0 Å². The highest BCUT2D eigenvalue weighted by atomic mass is 15.3. The summed E-state index contributed by atoms with van der Waals surface area (Å²) in [6.07, 6.45) is 2.46. The molecule has 1 aromatic carbocycles. The predicted octanol–water partition coefficient (Wildman–Crippen LogP) is 2.53. The minimum atomic E-state index is 0.631. The third kappa shape index (κ3) is 2.84. The highest BCUT2D eigenvalue weighted by Gasteiger charge is 2.30. The molecule has 0 radical (unpaired) electrons. The number of nitrogens with zero attached hydrogens (tertiary/aromatic N) is 2. The highest BCUT2D eigenvalue weighted by Crippen LogP contribution is 2.37. The molecule has 1 aliphatic heterocycles. The zero-order valence-corrected chi connectivity index (χ0v) is 12.8. The number of fused-ring (bicyclic) bond motifs is 1. The van der Waals surface area contributed by atoms with Crippen molar-refractivity contribution in [3.05, 3.63) is 29.3 Å². The van der Waals surface area contributed by atoms with Gasteiger partial charge in [0.05, 0.1) is 0 Å². The summed E-state index contributed by atoms with van der Waals surface area (Å²) >= 11 is 0. The first kappa shape index (κ1) is 13.9. The van der Waals surface area contributed by atoms with Gasteiger partial charge in [0, 0.05) is 44.5 Å². The Morgan fingerprint density at radius 2 is 1.95 bits per heavy atom. The SMILES string of the molecule is CC(C)CN1CCN(C2CCc3cc(N)ccc32)CC1. The Balaban J connectivity index is 1.63. The molecule has 3 rings (SSSR count). The molecule has 1 fully saturated rings. The molecule has 0 aromatic heterocycles. The van der Waals surface area contributed by atoms with Gasteiger partial charge < -0.3 is 10.6 Å². The highest BCUT2D eigenvalue weighted by molar-refractivity contribution is 5.47. The zero-order chi connectivity index (χ0) is 14.1. The van der Waals surface area contributed by atoms with Crippen LogP contribution in [0.25, 0.3) is 0 Å². The van der Waals surface area contributed by atoms with Gasteiger partial charge >= 0.3 is 0 Å². The normalized spacial score (nSPS) is 24.2. The minimum Gasteiger partial charge on any atom is -0.399 e. The summed E-state index contributed by atoms with van der Waals surface area (Å²) in [5.74, 6) is 0.775. The molecule has 0 amide bonds. The van der Waals surface area contributed by atoms with Gasteiger partial charge in [-0.3, -0.25) is 4.90 Å². The maximum absolute atomic E-state index is 5.90. The second-order valence-electron chi connectivity index (χ2n) is 6.74. The average Bonchev–Trinajstić information content (AvgIpc) is 2.82. The van der Waals surface area contributed by atoms with Crippen molar-refractivity contribution < 1.29 is 0 Å². The number of aryl methyl sites for hydroxylation is 1. The van der Waals surface area contributed by atoms with Crippen LogP contribution in [0.15, 0.2) is 18.2 Å². The van der Waals surface area contributed by atoms with Crippen LogP contribution in [0.3, 0.4) is 0 Å². The predicted molar refractivity (Wildman–Crippen MR) is 84.8 cm³/mol. The van der Waals surface area contributed by atoms with Crippen LogP contribution in [0.1, 0.15) is 37.4 Å². The van der Waals surface area contributed by atoms with Gasteiger partial charge in [0.1, 0.15) is 0 Å². The summed E-state index contributed by atoms with van der Waals surface area (Å²) in [5.41, 5.74) is 9.80. The Kier molecular flexibility index (Phi) is 3.99. The van der Waals surface area contributed by atoms with Crippen LogP contribution in [0.4, 0.5) is 5.69 Å². The first-order valence-corrected chi connectivity index (χ1v) is 7.98. The van der Waals surface area contributed by atoms with Crippen molar-refractivity contribution in [1.29, 1.82) is 0 Å². The zero-order valence-electron chi connectivity index (χ0n) is 12.8. The van der Waals surface area contributed by atoms with Gasteiger partial charge in [0.15, 0.2) is 0 Å². The molecular weight excluding hydrogens is 246 g/mol. The molecule has 110 valence electrons. The topological polar surface area (TPSA) is 32.5 Å². The summed E-state index contributed by atoms with van der Waals surface area (Å²) < 4.78 is 0. The van der Waals surface area contributed by atoms with Crippen molar-refractivity contribution in [3.8, 4) is 0 Å². The molecule has 3 nitrogen and oxygen atoms in total. The number of nitrogens with two attached hydrogens (primary N) is 1. The molecule has 20 heavy (non-hydrogen) atoms. The van der Waals surface area contributed by atoms with Crippen molar-refractivity contribution >= 4 is 5.69 Å². The molecule has 0 saturated carbocycles. The quantitative estimate of drug-likeness (QED) is 0.859. The van der Waals surface area contributed by atoms with E-state index in [-0.39, 0.29) is 0 Å². The Morgan fingerprint density at radius 1 is 1.20 bits per heavy atom. The molecule has 2 N–H and O–H groups in total. The molecule has 1 heterocycles. The van der Waals surface area contributed by atoms with Crippen molar-refractivity contribution in [2.24, 2.45) is 5.92 Å². The second-order valence-corrected chi connectivity index (χ2v) is 6.74. The van der Waals surface area contributed by atoms with E-state index in [2.05, 4.69) is 41.8 Å². The third-order valence-electron chi connectivity index (χ3n) is 4.68. The fraction of sp³-hybridized carbons (Fsp3) is 0.647. The number of nitrogen functional groups attached to an aromatic ring is 1. The van der Waals surface area contributed by atoms with Crippen molar-refractivity contribution in [2.45, 2.75) is 32.7 Å². The molecule has 0 bridgehead atoms. The van der Waals surface area contributed by atoms with Crippen molar-refractivity contribution in [3.63, 3.8) is 0 Å². The molecule has 1 saturated heterocycles. The van der Waals surface area contributed by atoms with Gasteiger partial charge in [-0.1, -0.05) is 19.9 Å². The summed E-state index contributed by atoms with van der Waals surface area (Å²) in [4.78, 5) is 5.29. The number of anilines is 1. The van der Waals surface area contributed by atoms with E-state index >= 15 is 0 Å². The summed E-state index contributed by atoms with van der Waals surface area (Å²) in [7, 11) is 0. The van der Waals surface area contributed by atoms with Gasteiger partial charge in [-0.25, -0.2) is 0 Å². The smallest absolute Gasteiger partial charge is 0.0355 e. The lowest BCUT2D eigenvalue weighted by atomic mass is 10.1. The van der Waals surface area contributed by atoms with Gasteiger partial charge in [0.2, 0.25) is 0 Å². The van der Waals surface area contributed by atoms with E-state index in [1.807, 2.05) is 0 Å². The summed E-state index contributed by atoms with van der Waals surface area (Å²) in [6.45, 7) is 10.7. The largest absolute Gasteiger partial charge is 0.399 e. The van der Waals surface area contributed by atoms with E-state index in [4.69, 9.17) is 5.73 Å². The van der Waals surface area contributed by atoms with Crippen LogP contribution < -0.4 is 5.73 Å². The van der Waals surface area contributed by atoms with Crippen LogP contribution in [0.2, 0.25) is 0 Å². The monoisotopic (exact) mass is 273 g/mol. The van der Waals surface area contributed by atoms with E-state index in [1.165, 1.54) is 56.7 Å². The van der Waals surface area contributed by atoms with E-state index in [0.29, 0.717) is 6.04 Å². The van der Waals surface area contributed by atoms with Gasteiger partial charge in [0.25, 0.3) is 0 Å². The number of piperazine rings is 1. The molecule has 1 aliphatic carbocycles.